The normalized spacial score (nSPS) is 12.7. The smallest absolute Gasteiger partial charge is 0.294 e. The van der Waals surface area contributed by atoms with Gasteiger partial charge in [0, 0.05) is 13.2 Å². The van der Waals surface area contributed by atoms with E-state index in [9.17, 15) is 26.4 Å². The van der Waals surface area contributed by atoms with Crippen LogP contribution in [0, 0.1) is 0 Å². The van der Waals surface area contributed by atoms with Crippen LogP contribution in [0.2, 0.25) is 10.2 Å². The number of sulfone groups is 1. The first-order chi connectivity index (χ1) is 12.9. The van der Waals surface area contributed by atoms with Gasteiger partial charge in [0.1, 0.15) is 20.8 Å². The molecule has 0 N–H and O–H groups in total. The van der Waals surface area contributed by atoms with Crippen molar-refractivity contribution in [3.63, 3.8) is 0 Å². The number of hydrogen-bond acceptors (Lipinski definition) is 5. The van der Waals surface area contributed by atoms with Crippen LogP contribution < -0.4 is 5.56 Å². The van der Waals surface area contributed by atoms with Crippen molar-refractivity contribution in [1.29, 1.82) is 0 Å². The molecule has 0 saturated carbocycles. The molecule has 3 aromatic heterocycles. The molecule has 0 radical (unpaired) electrons. The Balaban J connectivity index is 2.41. The molecule has 28 heavy (non-hydrogen) atoms. The molecule has 0 amide bonds. The summed E-state index contributed by atoms with van der Waals surface area (Å²) in [5.41, 5.74) is -2.08. The van der Waals surface area contributed by atoms with Crippen LogP contribution in [0.15, 0.2) is 28.0 Å². The third-order valence-electron chi connectivity index (χ3n) is 4.01. The van der Waals surface area contributed by atoms with Crippen LogP contribution in [0.5, 0.6) is 0 Å². The molecule has 7 nitrogen and oxygen atoms in total. The fraction of sp³-hybridized carbons (Fsp3) is 0.267. The lowest BCUT2D eigenvalue weighted by Crippen LogP contribution is -2.26. The van der Waals surface area contributed by atoms with Crippen molar-refractivity contribution in [1.82, 2.24) is 19.3 Å². The van der Waals surface area contributed by atoms with E-state index < -0.39 is 27.3 Å². The number of nitrogens with zero attached hydrogens (tertiary/aromatic N) is 4. The maximum atomic E-state index is 12.9. The SMILES string of the molecule is CCS(=O)(=O)c1cc(Cl)c(=O)n(C)c1-n1nc2cc(C(F)(F)F)ncc2c1Cl. The van der Waals surface area contributed by atoms with E-state index in [2.05, 4.69) is 10.1 Å². The molecule has 0 bridgehead atoms. The number of rotatable bonds is 3. The number of fused-ring (bicyclic) bond motifs is 1. The minimum atomic E-state index is -4.70. The Kier molecular flexibility index (Phi) is 4.97. The Labute approximate surface area is 166 Å². The quantitative estimate of drug-likeness (QED) is 0.606. The van der Waals surface area contributed by atoms with Crippen LogP contribution in [0.1, 0.15) is 12.6 Å². The molecule has 0 unspecified atom stereocenters. The molecule has 0 aliphatic heterocycles. The van der Waals surface area contributed by atoms with Crippen molar-refractivity contribution in [2.75, 3.05) is 5.75 Å². The average molecular weight is 455 g/mol. The maximum absolute atomic E-state index is 12.9. The molecule has 0 aliphatic rings. The Morgan fingerprint density at radius 3 is 2.43 bits per heavy atom. The van der Waals surface area contributed by atoms with E-state index in [1.54, 1.807) is 0 Å². The van der Waals surface area contributed by atoms with Gasteiger partial charge < -0.3 is 0 Å². The fourth-order valence-electron chi connectivity index (χ4n) is 2.54. The van der Waals surface area contributed by atoms with Gasteiger partial charge in [-0.05, 0) is 12.1 Å². The minimum Gasteiger partial charge on any atom is -0.294 e. The van der Waals surface area contributed by atoms with Crippen molar-refractivity contribution in [3.8, 4) is 5.82 Å². The molecule has 0 aromatic carbocycles. The predicted molar refractivity (Wildman–Crippen MR) is 96.9 cm³/mol. The summed E-state index contributed by atoms with van der Waals surface area (Å²) in [5, 5.41) is 3.48. The first kappa shape index (κ1) is 20.6. The van der Waals surface area contributed by atoms with Crippen LogP contribution in [-0.4, -0.2) is 33.5 Å². The zero-order valence-corrected chi connectivity index (χ0v) is 16.6. The lowest BCUT2D eigenvalue weighted by molar-refractivity contribution is -0.141. The molecule has 150 valence electrons. The van der Waals surface area contributed by atoms with Gasteiger partial charge in [-0.2, -0.15) is 18.3 Å². The monoisotopic (exact) mass is 454 g/mol. The number of alkyl halides is 3. The Hall–Kier alpha value is -2.11. The van der Waals surface area contributed by atoms with Gasteiger partial charge >= 0.3 is 6.18 Å². The van der Waals surface area contributed by atoms with Crippen LogP contribution >= 0.6 is 23.2 Å². The van der Waals surface area contributed by atoms with Gasteiger partial charge in [-0.25, -0.2) is 13.1 Å². The van der Waals surface area contributed by atoms with Crippen LogP contribution in [-0.2, 0) is 23.1 Å². The second-order valence-corrected chi connectivity index (χ2v) is 8.75. The lowest BCUT2D eigenvalue weighted by Gasteiger charge is -2.15. The second kappa shape index (κ2) is 6.75. The third-order valence-corrected chi connectivity index (χ3v) is 6.37. The molecule has 3 heterocycles. The minimum absolute atomic E-state index is 0.0527. The van der Waals surface area contributed by atoms with E-state index >= 15 is 0 Å². The first-order valence-electron chi connectivity index (χ1n) is 7.62. The van der Waals surface area contributed by atoms with Crippen LogP contribution in [0.4, 0.5) is 13.2 Å². The zero-order chi connectivity index (χ0) is 21.0. The molecule has 3 aromatic rings. The molecule has 13 heteroatoms. The highest BCUT2D eigenvalue weighted by Crippen LogP contribution is 2.33. The summed E-state index contributed by atoms with van der Waals surface area (Å²) >= 11 is 12.1. The van der Waals surface area contributed by atoms with Gasteiger partial charge in [-0.15, -0.1) is 0 Å². The van der Waals surface area contributed by atoms with Crippen LogP contribution in [0.3, 0.4) is 0 Å². The summed E-state index contributed by atoms with van der Waals surface area (Å²) in [6.07, 6.45) is -3.82. The molecule has 0 spiro atoms. The molecule has 3 rings (SSSR count). The Morgan fingerprint density at radius 1 is 1.21 bits per heavy atom. The number of aromatic nitrogens is 4. The van der Waals surface area contributed by atoms with Gasteiger partial charge in [0.05, 0.1) is 16.7 Å². The second-order valence-electron chi connectivity index (χ2n) is 5.73. The molecule has 0 fully saturated rings. The summed E-state index contributed by atoms with van der Waals surface area (Å²) in [4.78, 5) is 15.2. The Morgan fingerprint density at radius 2 is 1.86 bits per heavy atom. The molecule has 0 aliphatic carbocycles. The average Bonchev–Trinajstić information content (AvgIpc) is 2.94. The number of halogens is 5. The molecular weight excluding hydrogens is 444 g/mol. The molecule has 0 saturated heterocycles. The Bertz CT molecular complexity index is 1270. The highest BCUT2D eigenvalue weighted by atomic mass is 35.5. The summed E-state index contributed by atoms with van der Waals surface area (Å²) in [6.45, 7) is 1.39. The van der Waals surface area contributed by atoms with E-state index in [0.717, 1.165) is 21.5 Å². The van der Waals surface area contributed by atoms with E-state index in [-0.39, 0.29) is 37.5 Å². The van der Waals surface area contributed by atoms with Gasteiger partial charge in [0.2, 0.25) is 0 Å². The summed E-state index contributed by atoms with van der Waals surface area (Å²) in [6, 6.07) is 1.65. The van der Waals surface area contributed by atoms with Crippen LogP contribution in [0.25, 0.3) is 16.7 Å². The van der Waals surface area contributed by atoms with Gasteiger partial charge in [-0.1, -0.05) is 30.1 Å². The zero-order valence-electron chi connectivity index (χ0n) is 14.3. The summed E-state index contributed by atoms with van der Waals surface area (Å²) in [5.74, 6) is -0.557. The largest absolute Gasteiger partial charge is 0.433 e. The van der Waals surface area contributed by atoms with Gasteiger partial charge in [-0.3, -0.25) is 14.3 Å². The maximum Gasteiger partial charge on any atom is 0.433 e. The van der Waals surface area contributed by atoms with Gasteiger partial charge in [0.15, 0.2) is 15.7 Å². The van der Waals surface area contributed by atoms with Crippen molar-refractivity contribution < 1.29 is 21.6 Å². The molecule has 0 atom stereocenters. The van der Waals surface area contributed by atoms with E-state index in [1.807, 2.05) is 0 Å². The summed E-state index contributed by atoms with van der Waals surface area (Å²) in [7, 11) is -2.63. The number of pyridine rings is 2. The van der Waals surface area contributed by atoms with Gasteiger partial charge in [0.25, 0.3) is 5.56 Å². The molecular formula is C15H11Cl2F3N4O3S. The van der Waals surface area contributed by atoms with Crippen molar-refractivity contribution in [2.24, 2.45) is 7.05 Å². The summed E-state index contributed by atoms with van der Waals surface area (Å²) < 4.78 is 65.5. The predicted octanol–water partition coefficient (Wildman–Crippen LogP) is 3.24. The van der Waals surface area contributed by atoms with Crippen molar-refractivity contribution in [2.45, 2.75) is 18.0 Å². The van der Waals surface area contributed by atoms with E-state index in [4.69, 9.17) is 23.2 Å². The third kappa shape index (κ3) is 3.27. The lowest BCUT2D eigenvalue weighted by atomic mass is 10.3. The number of hydrogen-bond donors (Lipinski definition) is 0. The standard InChI is InChI=1S/C15H11Cl2F3N4O3S/c1-3-28(26,27)10-4-8(16)14(25)23(2)13(10)24-12(17)7-6-21-11(15(18,19)20)5-9(7)22-24/h4-6H,3H2,1-2H3. The highest BCUT2D eigenvalue weighted by molar-refractivity contribution is 7.91. The van der Waals surface area contributed by atoms with Crippen molar-refractivity contribution in [3.05, 3.63) is 44.6 Å². The fourth-order valence-corrected chi connectivity index (χ4v) is 4.22. The van der Waals surface area contributed by atoms with Crippen molar-refractivity contribution >= 4 is 43.9 Å². The van der Waals surface area contributed by atoms with E-state index in [0.29, 0.717) is 6.07 Å². The van der Waals surface area contributed by atoms with E-state index in [1.165, 1.54) is 14.0 Å². The highest BCUT2D eigenvalue weighted by Gasteiger charge is 2.33. The topological polar surface area (TPSA) is 86.9 Å². The first-order valence-corrected chi connectivity index (χ1v) is 10.0.